The smallest absolute Gasteiger partial charge is 0.185 e. The summed E-state index contributed by atoms with van der Waals surface area (Å²) in [7, 11) is 0. The molecule has 1 fully saturated rings. The van der Waals surface area contributed by atoms with Crippen LogP contribution in [0.1, 0.15) is 30.4 Å². The van der Waals surface area contributed by atoms with Crippen molar-refractivity contribution in [1.82, 2.24) is 4.90 Å². The van der Waals surface area contributed by atoms with Gasteiger partial charge in [-0.2, -0.15) is 0 Å². The Labute approximate surface area is 125 Å². The molecule has 1 atom stereocenters. The number of hydrogen-bond donors (Lipinski definition) is 2. The number of guanidine groups is 1. The molecule has 1 aliphatic rings. The van der Waals surface area contributed by atoms with E-state index in [2.05, 4.69) is 9.89 Å². The van der Waals surface area contributed by atoms with Crippen LogP contribution in [-0.2, 0) is 0 Å². The summed E-state index contributed by atoms with van der Waals surface area (Å²) in [5.41, 5.74) is 10.8. The Balaban J connectivity index is 0.00000162. The first-order valence-electron chi connectivity index (χ1n) is 6.02. The lowest BCUT2D eigenvalue weighted by Crippen LogP contribution is -2.30. The number of likely N-dealkylation sites (tertiary alicyclic amines) is 1. The maximum absolute atomic E-state index is 5.70. The van der Waals surface area contributed by atoms with Crippen molar-refractivity contribution in [2.75, 3.05) is 19.6 Å². The van der Waals surface area contributed by atoms with Crippen molar-refractivity contribution in [3.63, 3.8) is 0 Å². The highest BCUT2D eigenvalue weighted by molar-refractivity contribution is 14.0. The lowest BCUT2D eigenvalue weighted by molar-refractivity contribution is 0.219. The molecule has 4 N–H and O–H groups in total. The molecule has 1 saturated heterocycles. The molecule has 6 heteroatoms. The van der Waals surface area contributed by atoms with E-state index in [0.29, 0.717) is 6.54 Å². The second-order valence-electron chi connectivity index (χ2n) is 4.47. The van der Waals surface area contributed by atoms with E-state index in [1.165, 1.54) is 12.8 Å². The zero-order valence-electron chi connectivity index (χ0n) is 10.6. The maximum atomic E-state index is 5.70. The topological polar surface area (TPSA) is 80.8 Å². The molecule has 1 aromatic heterocycles. The highest BCUT2D eigenvalue weighted by Gasteiger charge is 2.25. The summed E-state index contributed by atoms with van der Waals surface area (Å²) in [6.45, 7) is 4.69. The van der Waals surface area contributed by atoms with E-state index in [9.17, 15) is 0 Å². The minimum absolute atomic E-state index is 0. The van der Waals surface area contributed by atoms with Crippen LogP contribution < -0.4 is 11.5 Å². The summed E-state index contributed by atoms with van der Waals surface area (Å²) >= 11 is 0. The van der Waals surface area contributed by atoms with Crippen molar-refractivity contribution in [3.8, 4) is 0 Å². The molecular formula is C12H21IN4O. The zero-order valence-corrected chi connectivity index (χ0v) is 13.0. The Morgan fingerprint density at radius 2 is 2.06 bits per heavy atom. The molecule has 102 valence electrons. The maximum Gasteiger partial charge on any atom is 0.185 e. The van der Waals surface area contributed by atoms with E-state index < -0.39 is 0 Å². The normalized spacial score (nSPS) is 17.2. The van der Waals surface area contributed by atoms with Crippen LogP contribution in [0.3, 0.4) is 0 Å². The molecule has 2 rings (SSSR count). The van der Waals surface area contributed by atoms with Crippen LogP contribution in [0.25, 0.3) is 0 Å². The average Bonchev–Trinajstić information content (AvgIpc) is 2.90. The Bertz CT molecular complexity index is 395. The Kier molecular flexibility index (Phi) is 5.94. The van der Waals surface area contributed by atoms with E-state index in [0.717, 1.165) is 24.6 Å². The summed E-state index contributed by atoms with van der Waals surface area (Å²) in [6.07, 6.45) is 2.47. The van der Waals surface area contributed by atoms with Crippen LogP contribution in [0.2, 0.25) is 0 Å². The van der Waals surface area contributed by atoms with Gasteiger partial charge < -0.3 is 15.9 Å². The molecule has 18 heavy (non-hydrogen) atoms. The number of aryl methyl sites for hydroxylation is 1. The third kappa shape index (κ3) is 3.88. The van der Waals surface area contributed by atoms with Gasteiger partial charge in [-0.15, -0.1) is 24.0 Å². The SMILES string of the molecule is Cc1ccc(C(CN=C(N)N)N2CCCC2)o1.I. The lowest BCUT2D eigenvalue weighted by atomic mass is 10.2. The predicted octanol–water partition coefficient (Wildman–Crippen LogP) is 1.62. The number of furan rings is 1. The van der Waals surface area contributed by atoms with Gasteiger partial charge in [-0.3, -0.25) is 9.89 Å². The first-order chi connectivity index (χ1) is 8.16. The average molecular weight is 364 g/mol. The quantitative estimate of drug-likeness (QED) is 0.483. The fourth-order valence-electron chi connectivity index (χ4n) is 2.26. The molecule has 5 nitrogen and oxygen atoms in total. The van der Waals surface area contributed by atoms with Crippen LogP contribution >= 0.6 is 24.0 Å². The van der Waals surface area contributed by atoms with E-state index in [4.69, 9.17) is 15.9 Å². The van der Waals surface area contributed by atoms with Gasteiger partial charge in [0.25, 0.3) is 0 Å². The first-order valence-corrected chi connectivity index (χ1v) is 6.02. The van der Waals surface area contributed by atoms with Crippen molar-refractivity contribution >= 4 is 29.9 Å². The summed E-state index contributed by atoms with van der Waals surface area (Å²) < 4.78 is 5.70. The van der Waals surface area contributed by atoms with E-state index in [1.807, 2.05) is 19.1 Å². The van der Waals surface area contributed by atoms with Crippen LogP contribution in [0.15, 0.2) is 21.5 Å². The number of rotatable bonds is 4. The number of nitrogens with two attached hydrogens (primary N) is 2. The molecule has 2 heterocycles. The molecule has 1 unspecified atom stereocenters. The van der Waals surface area contributed by atoms with Crippen molar-refractivity contribution in [2.45, 2.75) is 25.8 Å². The van der Waals surface area contributed by atoms with E-state index >= 15 is 0 Å². The second-order valence-corrected chi connectivity index (χ2v) is 4.47. The number of hydrogen-bond acceptors (Lipinski definition) is 3. The van der Waals surface area contributed by atoms with Gasteiger partial charge in [0.1, 0.15) is 11.5 Å². The zero-order chi connectivity index (χ0) is 12.3. The van der Waals surface area contributed by atoms with Gasteiger partial charge in [0.05, 0.1) is 12.6 Å². The van der Waals surface area contributed by atoms with Gasteiger partial charge in [0.2, 0.25) is 0 Å². The van der Waals surface area contributed by atoms with Gasteiger partial charge in [-0.25, -0.2) is 0 Å². The highest BCUT2D eigenvalue weighted by atomic mass is 127. The molecule has 0 aliphatic carbocycles. The minimum atomic E-state index is 0. The van der Waals surface area contributed by atoms with E-state index in [-0.39, 0.29) is 36.0 Å². The Morgan fingerprint density at radius 1 is 1.39 bits per heavy atom. The molecule has 0 amide bonds. The van der Waals surface area contributed by atoms with Gasteiger partial charge in [0, 0.05) is 0 Å². The van der Waals surface area contributed by atoms with Crippen molar-refractivity contribution in [3.05, 3.63) is 23.7 Å². The predicted molar refractivity (Wildman–Crippen MR) is 83.1 cm³/mol. The van der Waals surface area contributed by atoms with Crippen LogP contribution in [0, 0.1) is 6.92 Å². The third-order valence-corrected chi connectivity index (χ3v) is 3.12. The van der Waals surface area contributed by atoms with Gasteiger partial charge in [0.15, 0.2) is 5.96 Å². The largest absolute Gasteiger partial charge is 0.465 e. The number of nitrogens with zero attached hydrogens (tertiary/aromatic N) is 2. The van der Waals surface area contributed by atoms with Gasteiger partial charge >= 0.3 is 0 Å². The third-order valence-electron chi connectivity index (χ3n) is 3.12. The molecule has 1 aliphatic heterocycles. The fraction of sp³-hybridized carbons (Fsp3) is 0.583. The Hall–Kier alpha value is -0.760. The van der Waals surface area contributed by atoms with E-state index in [1.54, 1.807) is 0 Å². The molecule has 0 aromatic carbocycles. The highest BCUT2D eigenvalue weighted by Crippen LogP contribution is 2.26. The van der Waals surface area contributed by atoms with Crippen molar-refractivity contribution < 1.29 is 4.42 Å². The van der Waals surface area contributed by atoms with Crippen LogP contribution in [0.5, 0.6) is 0 Å². The summed E-state index contributed by atoms with van der Waals surface area (Å²) in [4.78, 5) is 6.51. The summed E-state index contributed by atoms with van der Waals surface area (Å²) in [5, 5.41) is 0. The molecule has 0 radical (unpaired) electrons. The second kappa shape index (κ2) is 6.98. The first kappa shape index (κ1) is 15.3. The summed E-state index contributed by atoms with van der Waals surface area (Å²) in [6, 6.07) is 4.15. The molecule has 0 saturated carbocycles. The number of halogens is 1. The fourth-order valence-corrected chi connectivity index (χ4v) is 2.26. The Morgan fingerprint density at radius 3 is 2.56 bits per heavy atom. The molecular weight excluding hydrogens is 343 g/mol. The van der Waals surface area contributed by atoms with Crippen LogP contribution in [-0.4, -0.2) is 30.5 Å². The summed E-state index contributed by atoms with van der Waals surface area (Å²) in [5.74, 6) is 2.01. The molecule has 0 bridgehead atoms. The monoisotopic (exact) mass is 364 g/mol. The van der Waals surface area contributed by atoms with Gasteiger partial charge in [-0.05, 0) is 45.0 Å². The molecule has 1 aromatic rings. The van der Waals surface area contributed by atoms with Gasteiger partial charge in [-0.1, -0.05) is 0 Å². The molecule has 0 spiro atoms. The minimum Gasteiger partial charge on any atom is -0.465 e. The lowest BCUT2D eigenvalue weighted by Gasteiger charge is -2.24. The van der Waals surface area contributed by atoms with Crippen molar-refractivity contribution in [2.24, 2.45) is 16.5 Å². The standard InChI is InChI=1S/C12H20N4O.HI/c1-9-4-5-11(17-9)10(8-15-12(13)14)16-6-2-3-7-16;/h4-5,10H,2-3,6-8H2,1H3,(H4,13,14,15);1H. The van der Waals surface area contributed by atoms with Crippen LogP contribution in [0.4, 0.5) is 0 Å². The van der Waals surface area contributed by atoms with Crippen molar-refractivity contribution in [1.29, 1.82) is 0 Å². The number of aliphatic imine (C=N–C) groups is 1.